The van der Waals surface area contributed by atoms with E-state index in [1.807, 2.05) is 6.92 Å². The average Bonchev–Trinajstić information content (AvgIpc) is 2.03. The standard InChI is InChI=1S/C8H18NO2/c1-3-5-7-9-8(11-10)6-4-2/h8-9H,3-7H2,1-2H3. The molecule has 0 aromatic heterocycles. The van der Waals surface area contributed by atoms with Gasteiger partial charge in [0.2, 0.25) is 0 Å². The van der Waals surface area contributed by atoms with Crippen LogP contribution in [-0.2, 0) is 10.1 Å². The van der Waals surface area contributed by atoms with Crippen molar-refractivity contribution in [3.8, 4) is 0 Å². The maximum Gasteiger partial charge on any atom is 0.147 e. The Bertz CT molecular complexity index is 78.5. The van der Waals surface area contributed by atoms with Gasteiger partial charge in [-0.15, -0.1) is 0 Å². The first-order valence-corrected chi connectivity index (χ1v) is 4.37. The second-order valence-electron chi connectivity index (χ2n) is 2.68. The summed E-state index contributed by atoms with van der Waals surface area (Å²) in [4.78, 5) is 3.98. The molecular weight excluding hydrogens is 142 g/mol. The first kappa shape index (κ1) is 10.9. The van der Waals surface area contributed by atoms with Crippen molar-refractivity contribution in [1.82, 2.24) is 5.32 Å². The highest BCUT2D eigenvalue weighted by Crippen LogP contribution is 1.97. The van der Waals surface area contributed by atoms with E-state index in [0.29, 0.717) is 0 Å². The van der Waals surface area contributed by atoms with Crippen LogP contribution in [0.4, 0.5) is 0 Å². The van der Waals surface area contributed by atoms with E-state index in [2.05, 4.69) is 17.1 Å². The molecule has 0 bridgehead atoms. The Morgan fingerprint density at radius 1 is 1.36 bits per heavy atom. The number of unbranched alkanes of at least 4 members (excludes halogenated alkanes) is 1. The Hall–Kier alpha value is -0.120. The van der Waals surface area contributed by atoms with Crippen LogP contribution in [0.3, 0.4) is 0 Å². The van der Waals surface area contributed by atoms with Crippen molar-refractivity contribution in [3.05, 3.63) is 0 Å². The Labute approximate surface area is 68.7 Å². The fourth-order valence-corrected chi connectivity index (χ4v) is 0.886. The number of hydrogen-bond donors (Lipinski definition) is 1. The summed E-state index contributed by atoms with van der Waals surface area (Å²) in [5.74, 6) is 0. The molecule has 1 N–H and O–H groups in total. The van der Waals surface area contributed by atoms with E-state index in [-0.39, 0.29) is 6.23 Å². The number of hydrogen-bond acceptors (Lipinski definition) is 2. The quantitative estimate of drug-likeness (QED) is 0.267. The molecule has 0 saturated carbocycles. The topological polar surface area (TPSA) is 41.2 Å². The van der Waals surface area contributed by atoms with E-state index < -0.39 is 0 Å². The molecule has 67 valence electrons. The molecule has 0 rings (SSSR count). The zero-order valence-corrected chi connectivity index (χ0v) is 7.43. The summed E-state index contributed by atoms with van der Waals surface area (Å²) in [6.07, 6.45) is 3.74. The number of nitrogens with one attached hydrogen (secondary N) is 1. The maximum atomic E-state index is 10.1. The molecule has 3 heteroatoms. The van der Waals surface area contributed by atoms with Crippen LogP contribution >= 0.6 is 0 Å². The normalized spacial score (nSPS) is 13.4. The first-order chi connectivity index (χ1) is 5.35. The molecule has 0 saturated heterocycles. The van der Waals surface area contributed by atoms with Gasteiger partial charge < -0.3 is 0 Å². The lowest BCUT2D eigenvalue weighted by Crippen LogP contribution is -2.31. The third-order valence-corrected chi connectivity index (χ3v) is 1.57. The van der Waals surface area contributed by atoms with Crippen molar-refractivity contribution in [2.24, 2.45) is 0 Å². The monoisotopic (exact) mass is 160 g/mol. The smallest absolute Gasteiger partial charge is 0.147 e. The van der Waals surface area contributed by atoms with Gasteiger partial charge in [0.25, 0.3) is 0 Å². The van der Waals surface area contributed by atoms with E-state index in [4.69, 9.17) is 0 Å². The predicted octanol–water partition coefficient (Wildman–Crippen LogP) is 1.86. The Morgan fingerprint density at radius 2 is 2.09 bits per heavy atom. The van der Waals surface area contributed by atoms with Crippen LogP contribution in [0, 0.1) is 0 Å². The molecule has 0 aromatic rings. The Kier molecular flexibility index (Phi) is 7.89. The molecule has 0 spiro atoms. The second-order valence-corrected chi connectivity index (χ2v) is 2.68. The van der Waals surface area contributed by atoms with Gasteiger partial charge in [-0.05, 0) is 24.6 Å². The van der Waals surface area contributed by atoms with Gasteiger partial charge >= 0.3 is 0 Å². The molecule has 0 amide bonds. The molecule has 1 radical (unpaired) electrons. The maximum absolute atomic E-state index is 10.1. The van der Waals surface area contributed by atoms with Crippen LogP contribution in [0.5, 0.6) is 0 Å². The fourth-order valence-electron chi connectivity index (χ4n) is 0.886. The number of rotatable bonds is 7. The second kappa shape index (κ2) is 7.98. The zero-order valence-electron chi connectivity index (χ0n) is 7.43. The lowest BCUT2D eigenvalue weighted by molar-refractivity contribution is -0.342. The molecule has 1 atom stereocenters. The Balaban J connectivity index is 3.20. The van der Waals surface area contributed by atoms with Crippen molar-refractivity contribution in [3.63, 3.8) is 0 Å². The molecular formula is C8H18NO2. The molecule has 0 aliphatic carbocycles. The van der Waals surface area contributed by atoms with Gasteiger partial charge in [0, 0.05) is 0 Å². The van der Waals surface area contributed by atoms with E-state index >= 15 is 0 Å². The third-order valence-electron chi connectivity index (χ3n) is 1.57. The molecule has 0 fully saturated rings. The van der Waals surface area contributed by atoms with E-state index in [1.165, 1.54) is 0 Å². The molecule has 3 nitrogen and oxygen atoms in total. The molecule has 0 heterocycles. The molecule has 0 aromatic carbocycles. The van der Waals surface area contributed by atoms with Gasteiger partial charge in [0.1, 0.15) is 6.23 Å². The van der Waals surface area contributed by atoms with Crippen LogP contribution in [0.2, 0.25) is 0 Å². The summed E-state index contributed by atoms with van der Waals surface area (Å²) in [5, 5.41) is 13.1. The van der Waals surface area contributed by atoms with E-state index in [0.717, 1.165) is 32.2 Å². The summed E-state index contributed by atoms with van der Waals surface area (Å²) in [6, 6.07) is 0. The highest BCUT2D eigenvalue weighted by atomic mass is 17.1. The van der Waals surface area contributed by atoms with E-state index in [1.54, 1.807) is 0 Å². The molecule has 0 aliphatic rings. The van der Waals surface area contributed by atoms with Crippen LogP contribution in [0.1, 0.15) is 39.5 Å². The molecule has 1 unspecified atom stereocenters. The molecule has 11 heavy (non-hydrogen) atoms. The third kappa shape index (κ3) is 6.28. The van der Waals surface area contributed by atoms with Crippen LogP contribution in [-0.4, -0.2) is 12.8 Å². The summed E-state index contributed by atoms with van der Waals surface area (Å²) >= 11 is 0. The molecule has 0 aliphatic heterocycles. The van der Waals surface area contributed by atoms with Crippen LogP contribution < -0.4 is 5.32 Å². The van der Waals surface area contributed by atoms with Crippen molar-refractivity contribution in [1.29, 1.82) is 0 Å². The zero-order chi connectivity index (χ0) is 8.53. The highest BCUT2D eigenvalue weighted by molar-refractivity contribution is 4.52. The van der Waals surface area contributed by atoms with Crippen LogP contribution in [0.15, 0.2) is 0 Å². The Morgan fingerprint density at radius 3 is 2.55 bits per heavy atom. The highest BCUT2D eigenvalue weighted by Gasteiger charge is 2.05. The lowest BCUT2D eigenvalue weighted by Gasteiger charge is -2.11. The summed E-state index contributed by atoms with van der Waals surface area (Å²) in [5.41, 5.74) is 0. The summed E-state index contributed by atoms with van der Waals surface area (Å²) in [6.45, 7) is 5.03. The van der Waals surface area contributed by atoms with Gasteiger partial charge in [-0.25, -0.2) is 0 Å². The van der Waals surface area contributed by atoms with Gasteiger partial charge in [0.05, 0.1) is 0 Å². The van der Waals surface area contributed by atoms with Gasteiger partial charge in [-0.3, -0.25) is 5.32 Å². The minimum atomic E-state index is -0.286. The van der Waals surface area contributed by atoms with Crippen molar-refractivity contribution < 1.29 is 10.1 Å². The lowest BCUT2D eigenvalue weighted by atomic mass is 10.3. The summed E-state index contributed by atoms with van der Waals surface area (Å²) in [7, 11) is 0. The minimum absolute atomic E-state index is 0.286. The fraction of sp³-hybridized carbons (Fsp3) is 1.00. The van der Waals surface area contributed by atoms with E-state index in [9.17, 15) is 5.26 Å². The predicted molar refractivity (Wildman–Crippen MR) is 43.4 cm³/mol. The first-order valence-electron chi connectivity index (χ1n) is 4.37. The SMILES string of the molecule is CCCCNC(CCC)O[O]. The van der Waals surface area contributed by atoms with Gasteiger partial charge in [-0.1, -0.05) is 26.7 Å². The van der Waals surface area contributed by atoms with Gasteiger partial charge in [-0.2, -0.15) is 4.89 Å². The summed E-state index contributed by atoms with van der Waals surface area (Å²) < 4.78 is 0. The van der Waals surface area contributed by atoms with Crippen molar-refractivity contribution >= 4 is 0 Å². The van der Waals surface area contributed by atoms with Gasteiger partial charge in [0.15, 0.2) is 0 Å². The average molecular weight is 160 g/mol. The van der Waals surface area contributed by atoms with Crippen molar-refractivity contribution in [2.45, 2.75) is 45.8 Å². The van der Waals surface area contributed by atoms with Crippen molar-refractivity contribution in [2.75, 3.05) is 6.54 Å². The minimum Gasteiger partial charge on any atom is -0.289 e. The van der Waals surface area contributed by atoms with Crippen LogP contribution in [0.25, 0.3) is 0 Å². The largest absolute Gasteiger partial charge is 0.289 e.